The van der Waals surface area contributed by atoms with Crippen molar-refractivity contribution < 1.29 is 9.53 Å². The minimum absolute atomic E-state index is 0.102. The zero-order valence-electron chi connectivity index (χ0n) is 13.5. The third-order valence-corrected chi connectivity index (χ3v) is 3.64. The second-order valence-corrected chi connectivity index (χ2v) is 5.41. The zero-order chi connectivity index (χ0) is 17.1. The number of nitrogens with zero attached hydrogens (tertiary/aromatic N) is 2. The van der Waals surface area contributed by atoms with Gasteiger partial charge in [0.15, 0.2) is 5.65 Å². The minimum Gasteiger partial charge on any atom is -0.497 e. The highest BCUT2D eigenvalue weighted by Gasteiger charge is 2.09. The van der Waals surface area contributed by atoms with Gasteiger partial charge in [0.05, 0.1) is 18.5 Å². The molecule has 24 heavy (non-hydrogen) atoms. The van der Waals surface area contributed by atoms with Crippen LogP contribution in [0.4, 0.5) is 0 Å². The number of benzene rings is 1. The Hall–Kier alpha value is -3.09. The summed E-state index contributed by atoms with van der Waals surface area (Å²) >= 11 is 0. The van der Waals surface area contributed by atoms with Gasteiger partial charge in [0, 0.05) is 37.6 Å². The molecular formula is C17H18N4O3. The van der Waals surface area contributed by atoms with Crippen molar-refractivity contribution in [3.05, 3.63) is 52.4 Å². The number of hydrogen-bond acceptors (Lipinski definition) is 4. The van der Waals surface area contributed by atoms with E-state index in [-0.39, 0.29) is 11.5 Å². The molecule has 2 N–H and O–H groups in total. The number of aromatic amines is 1. The van der Waals surface area contributed by atoms with Crippen molar-refractivity contribution in [3.63, 3.8) is 0 Å². The summed E-state index contributed by atoms with van der Waals surface area (Å²) in [5.41, 5.74) is 2.67. The van der Waals surface area contributed by atoms with Crippen molar-refractivity contribution in [2.45, 2.75) is 13.3 Å². The molecule has 1 amide bonds. The van der Waals surface area contributed by atoms with Gasteiger partial charge < -0.3 is 10.1 Å². The number of rotatable bonds is 5. The molecule has 2 heterocycles. The quantitative estimate of drug-likeness (QED) is 0.741. The van der Waals surface area contributed by atoms with E-state index in [0.29, 0.717) is 24.3 Å². The van der Waals surface area contributed by atoms with Gasteiger partial charge in [0.1, 0.15) is 5.75 Å². The Morgan fingerprint density at radius 1 is 1.33 bits per heavy atom. The maximum atomic E-state index is 12.2. The molecule has 0 saturated heterocycles. The van der Waals surface area contributed by atoms with E-state index in [1.54, 1.807) is 7.11 Å². The van der Waals surface area contributed by atoms with Gasteiger partial charge in [-0.15, -0.1) is 0 Å². The van der Waals surface area contributed by atoms with Crippen molar-refractivity contribution in [1.29, 1.82) is 0 Å². The zero-order valence-corrected chi connectivity index (χ0v) is 13.5. The highest BCUT2D eigenvalue weighted by molar-refractivity contribution is 5.72. The number of carbonyl (C=O) groups excluding carboxylic acids is 1. The third kappa shape index (κ3) is 3.29. The number of fused-ring (bicyclic) bond motifs is 1. The first kappa shape index (κ1) is 15.8. The summed E-state index contributed by atoms with van der Waals surface area (Å²) in [6.45, 7) is 1.91. The molecule has 1 aromatic carbocycles. The predicted octanol–water partition coefficient (Wildman–Crippen LogP) is 1.38. The second-order valence-electron chi connectivity index (χ2n) is 5.41. The van der Waals surface area contributed by atoms with Crippen LogP contribution in [0, 0.1) is 0 Å². The van der Waals surface area contributed by atoms with Crippen LogP contribution in [0.2, 0.25) is 0 Å². The van der Waals surface area contributed by atoms with Crippen LogP contribution in [0.1, 0.15) is 12.6 Å². The van der Waals surface area contributed by atoms with Crippen LogP contribution in [-0.4, -0.2) is 34.2 Å². The molecular weight excluding hydrogens is 308 g/mol. The molecule has 0 aliphatic heterocycles. The first-order valence-corrected chi connectivity index (χ1v) is 7.57. The van der Waals surface area contributed by atoms with Gasteiger partial charge in [0.2, 0.25) is 5.91 Å². The Kier molecular flexibility index (Phi) is 4.33. The largest absolute Gasteiger partial charge is 0.497 e. The summed E-state index contributed by atoms with van der Waals surface area (Å²) in [6, 6.07) is 10.8. The number of nitrogens with one attached hydrogen (secondary N) is 2. The van der Waals surface area contributed by atoms with Gasteiger partial charge in [0.25, 0.3) is 5.56 Å². The van der Waals surface area contributed by atoms with Gasteiger partial charge in [-0.3, -0.25) is 14.7 Å². The number of carbonyl (C=O) groups is 1. The molecule has 0 bridgehead atoms. The molecule has 3 aromatic rings. The fourth-order valence-corrected chi connectivity index (χ4v) is 2.47. The Labute approximate surface area is 138 Å². The van der Waals surface area contributed by atoms with Crippen LogP contribution in [0.15, 0.2) is 41.2 Å². The molecule has 0 aliphatic rings. The normalized spacial score (nSPS) is 10.8. The van der Waals surface area contributed by atoms with Crippen LogP contribution in [0.25, 0.3) is 16.9 Å². The van der Waals surface area contributed by atoms with Gasteiger partial charge >= 0.3 is 0 Å². The van der Waals surface area contributed by atoms with Crippen molar-refractivity contribution >= 4 is 11.6 Å². The van der Waals surface area contributed by atoms with Crippen LogP contribution >= 0.6 is 0 Å². The van der Waals surface area contributed by atoms with Crippen molar-refractivity contribution in [1.82, 2.24) is 19.9 Å². The summed E-state index contributed by atoms with van der Waals surface area (Å²) in [6.07, 6.45) is 0.505. The summed E-state index contributed by atoms with van der Waals surface area (Å²) in [4.78, 5) is 27.6. The molecule has 0 spiro atoms. The van der Waals surface area contributed by atoms with Crippen LogP contribution in [0.5, 0.6) is 5.75 Å². The summed E-state index contributed by atoms with van der Waals surface area (Å²) in [5, 5.41) is 5.75. The Morgan fingerprint density at radius 3 is 2.92 bits per heavy atom. The van der Waals surface area contributed by atoms with Crippen LogP contribution < -0.4 is 15.6 Å². The Bertz CT molecular complexity index is 942. The smallest absolute Gasteiger partial charge is 0.272 e. The summed E-state index contributed by atoms with van der Waals surface area (Å²) in [7, 11) is 1.61. The topological polar surface area (TPSA) is 88.5 Å². The molecule has 7 nitrogen and oxygen atoms in total. The molecule has 0 saturated carbocycles. The van der Waals surface area contributed by atoms with Gasteiger partial charge in [-0.05, 0) is 12.1 Å². The second kappa shape index (κ2) is 6.57. The fourth-order valence-electron chi connectivity index (χ4n) is 2.47. The maximum absolute atomic E-state index is 12.2. The molecule has 7 heteroatoms. The third-order valence-electron chi connectivity index (χ3n) is 3.64. The highest BCUT2D eigenvalue weighted by atomic mass is 16.5. The fraction of sp³-hybridized carbons (Fsp3) is 0.235. The van der Waals surface area contributed by atoms with Gasteiger partial charge in [-0.1, -0.05) is 12.1 Å². The van der Waals surface area contributed by atoms with Gasteiger partial charge in [-0.2, -0.15) is 0 Å². The average molecular weight is 326 g/mol. The molecule has 0 fully saturated rings. The number of methoxy groups -OCH3 is 1. The molecule has 0 radical (unpaired) electrons. The number of aromatic nitrogens is 3. The standard InChI is InChI=1S/C17H18N4O3/c1-11(22)18-7-6-13-9-17(23)21-16(19-13)10-15(20-21)12-4-3-5-14(8-12)24-2/h3-5,8-10,20H,6-7H2,1-2H3,(H,18,22). The van der Waals surface area contributed by atoms with E-state index in [2.05, 4.69) is 15.4 Å². The lowest BCUT2D eigenvalue weighted by atomic mass is 10.1. The molecule has 2 aromatic heterocycles. The number of hydrogen-bond donors (Lipinski definition) is 2. The van der Waals surface area contributed by atoms with E-state index >= 15 is 0 Å². The summed E-state index contributed by atoms with van der Waals surface area (Å²) < 4.78 is 6.62. The van der Waals surface area contributed by atoms with E-state index < -0.39 is 0 Å². The van der Waals surface area contributed by atoms with Gasteiger partial charge in [-0.25, -0.2) is 9.50 Å². The molecule has 124 valence electrons. The SMILES string of the molecule is COc1cccc(-c2cc3nc(CCNC(C)=O)cc(=O)n3[nH]2)c1. The van der Waals surface area contributed by atoms with E-state index in [1.165, 1.54) is 17.5 Å². The lowest BCUT2D eigenvalue weighted by molar-refractivity contribution is -0.118. The maximum Gasteiger partial charge on any atom is 0.272 e. The van der Waals surface area contributed by atoms with E-state index in [9.17, 15) is 9.59 Å². The predicted molar refractivity (Wildman–Crippen MR) is 90.2 cm³/mol. The Balaban J connectivity index is 1.94. The van der Waals surface area contributed by atoms with Crippen molar-refractivity contribution in [2.75, 3.05) is 13.7 Å². The number of amides is 1. The first-order valence-electron chi connectivity index (χ1n) is 7.57. The monoisotopic (exact) mass is 326 g/mol. The Morgan fingerprint density at radius 2 is 2.17 bits per heavy atom. The van der Waals surface area contributed by atoms with E-state index in [1.807, 2.05) is 30.3 Å². The number of H-pyrrole nitrogens is 1. The average Bonchev–Trinajstić information content (AvgIpc) is 2.99. The van der Waals surface area contributed by atoms with Crippen LogP contribution in [-0.2, 0) is 11.2 Å². The molecule has 0 atom stereocenters. The lowest BCUT2D eigenvalue weighted by Crippen LogP contribution is -2.24. The van der Waals surface area contributed by atoms with Crippen LogP contribution in [0.3, 0.4) is 0 Å². The van der Waals surface area contributed by atoms with Crippen molar-refractivity contribution in [3.8, 4) is 17.0 Å². The first-order chi connectivity index (χ1) is 11.6. The summed E-state index contributed by atoms with van der Waals surface area (Å²) in [5.74, 6) is 0.636. The molecule has 0 aliphatic carbocycles. The molecule has 3 rings (SSSR count). The number of ether oxygens (including phenoxy) is 1. The van der Waals surface area contributed by atoms with Crippen molar-refractivity contribution in [2.24, 2.45) is 0 Å². The van der Waals surface area contributed by atoms with E-state index in [4.69, 9.17) is 4.74 Å². The minimum atomic E-state index is -0.188. The molecule has 0 unspecified atom stereocenters. The van der Waals surface area contributed by atoms with E-state index in [0.717, 1.165) is 17.0 Å². The highest BCUT2D eigenvalue weighted by Crippen LogP contribution is 2.23. The lowest BCUT2D eigenvalue weighted by Gasteiger charge is -2.02.